The van der Waals surface area contributed by atoms with Crippen molar-refractivity contribution in [3.8, 4) is 0 Å². The number of fused-ring (bicyclic) bond motifs is 1. The van der Waals surface area contributed by atoms with E-state index in [0.717, 1.165) is 0 Å². The zero-order chi connectivity index (χ0) is 8.81. The fourth-order valence-corrected chi connectivity index (χ4v) is 1.07. The van der Waals surface area contributed by atoms with E-state index in [2.05, 4.69) is 42.5 Å². The van der Waals surface area contributed by atoms with Crippen molar-refractivity contribution in [3.63, 3.8) is 0 Å². The number of benzene rings is 1. The minimum absolute atomic E-state index is 0. The molecule has 0 saturated carbocycles. The summed E-state index contributed by atoms with van der Waals surface area (Å²) in [7, 11) is 0. The number of hydrogen-bond acceptors (Lipinski definition) is 0. The summed E-state index contributed by atoms with van der Waals surface area (Å²) in [5.41, 5.74) is 0. The standard InChI is InChI=1S/C9H7.C3H7.2ClH.Zr/c1-2-5-9-7-3-6-8(9)4-1;1-3-2;;;/h1-7H;3H,1-2H3;2*1H;/q2*-1;;;+4/p-2. The fraction of sp³-hybridized carbons (Fsp3) is 0.167. The Labute approximate surface area is 124 Å². The van der Waals surface area contributed by atoms with E-state index in [0.29, 0.717) is 0 Å². The number of hydrogen-bond donors (Lipinski definition) is 0. The van der Waals surface area contributed by atoms with Gasteiger partial charge >= 0.3 is 26.2 Å². The van der Waals surface area contributed by atoms with Gasteiger partial charge in [0.15, 0.2) is 0 Å². The van der Waals surface area contributed by atoms with Gasteiger partial charge in [0, 0.05) is 0 Å². The summed E-state index contributed by atoms with van der Waals surface area (Å²) in [5.74, 6) is 0. The molecule has 0 aliphatic rings. The van der Waals surface area contributed by atoms with Crippen LogP contribution in [0.5, 0.6) is 0 Å². The van der Waals surface area contributed by atoms with Crippen molar-refractivity contribution < 1.29 is 51.0 Å². The van der Waals surface area contributed by atoms with Gasteiger partial charge in [-0.05, 0) is 0 Å². The largest absolute Gasteiger partial charge is 4.00 e. The molecule has 0 amide bonds. The molecule has 3 heteroatoms. The van der Waals surface area contributed by atoms with E-state index >= 15 is 0 Å². The summed E-state index contributed by atoms with van der Waals surface area (Å²) in [5, 5.41) is 2.66. The van der Waals surface area contributed by atoms with E-state index < -0.39 is 0 Å². The van der Waals surface area contributed by atoms with Gasteiger partial charge in [-0.3, -0.25) is 0 Å². The van der Waals surface area contributed by atoms with Crippen LogP contribution in [0.3, 0.4) is 0 Å². The summed E-state index contributed by atoms with van der Waals surface area (Å²) < 4.78 is 0. The SMILES string of the molecule is C[CH-]C.[Cl-].[Cl-].[Zr+4].c1ccc2[cH-]ccc2c1. The van der Waals surface area contributed by atoms with Gasteiger partial charge in [0.05, 0.1) is 0 Å². The van der Waals surface area contributed by atoms with Gasteiger partial charge in [0.2, 0.25) is 0 Å². The normalized spacial score (nSPS) is 7.33. The average molecular weight is 320 g/mol. The Morgan fingerprint density at radius 1 is 1.00 bits per heavy atom. The molecule has 0 aliphatic carbocycles. The first-order valence-corrected chi connectivity index (χ1v) is 4.23. The topological polar surface area (TPSA) is 0 Å². The fourth-order valence-electron chi connectivity index (χ4n) is 1.07. The van der Waals surface area contributed by atoms with Crippen LogP contribution in [0, 0.1) is 6.42 Å². The van der Waals surface area contributed by atoms with Crippen molar-refractivity contribution in [2.75, 3.05) is 0 Å². The zero-order valence-corrected chi connectivity index (χ0v) is 12.8. The minimum atomic E-state index is 0. The first kappa shape index (κ1) is 20.7. The van der Waals surface area contributed by atoms with Gasteiger partial charge < -0.3 is 31.2 Å². The van der Waals surface area contributed by atoms with Gasteiger partial charge in [0.1, 0.15) is 0 Å². The molecule has 2 aromatic carbocycles. The second kappa shape index (κ2) is 12.4. The molecule has 0 spiro atoms. The van der Waals surface area contributed by atoms with E-state index in [9.17, 15) is 0 Å². The maximum atomic E-state index is 2.12. The van der Waals surface area contributed by atoms with Crippen LogP contribution in [0.4, 0.5) is 0 Å². The Balaban J connectivity index is -0.000000220. The minimum Gasteiger partial charge on any atom is -1.00 e. The molecule has 15 heavy (non-hydrogen) atoms. The van der Waals surface area contributed by atoms with Gasteiger partial charge in [0.25, 0.3) is 0 Å². The van der Waals surface area contributed by atoms with Crippen molar-refractivity contribution in [2.24, 2.45) is 0 Å². The van der Waals surface area contributed by atoms with Crippen LogP contribution in [0.1, 0.15) is 13.8 Å². The second-order valence-corrected chi connectivity index (χ2v) is 2.73. The molecule has 0 atom stereocenters. The van der Waals surface area contributed by atoms with Crippen LogP contribution < -0.4 is 24.8 Å². The molecule has 0 unspecified atom stereocenters. The summed E-state index contributed by atoms with van der Waals surface area (Å²) in [6, 6.07) is 14.7. The molecule has 0 saturated heterocycles. The van der Waals surface area contributed by atoms with Crippen LogP contribution >= 0.6 is 0 Å². The molecule has 0 radical (unpaired) electrons. The summed E-state index contributed by atoms with van der Waals surface area (Å²) in [4.78, 5) is 0. The summed E-state index contributed by atoms with van der Waals surface area (Å²) in [6.07, 6.45) is 2.00. The number of rotatable bonds is 0. The average Bonchev–Trinajstić information content (AvgIpc) is 2.52. The van der Waals surface area contributed by atoms with E-state index in [4.69, 9.17) is 0 Å². The first-order chi connectivity index (χ1) is 5.88. The van der Waals surface area contributed by atoms with Gasteiger partial charge in [-0.2, -0.15) is 31.4 Å². The number of halogens is 2. The first-order valence-electron chi connectivity index (χ1n) is 4.23. The molecule has 0 nitrogen and oxygen atoms in total. The van der Waals surface area contributed by atoms with Crippen molar-refractivity contribution in [1.82, 2.24) is 0 Å². The maximum Gasteiger partial charge on any atom is 4.00 e. The van der Waals surface area contributed by atoms with Crippen molar-refractivity contribution >= 4 is 10.8 Å². The third-order valence-corrected chi connectivity index (χ3v) is 1.55. The smallest absolute Gasteiger partial charge is 1.00 e. The Hall–Kier alpha value is 0.293. The van der Waals surface area contributed by atoms with Gasteiger partial charge in [-0.25, -0.2) is 0 Å². The predicted octanol–water partition coefficient (Wildman–Crippen LogP) is -2.21. The van der Waals surface area contributed by atoms with E-state index in [1.165, 1.54) is 10.8 Å². The van der Waals surface area contributed by atoms with Crippen LogP contribution in [-0.2, 0) is 26.2 Å². The molecule has 2 aromatic rings. The Bertz CT molecular complexity index is 301. The molecule has 0 heterocycles. The van der Waals surface area contributed by atoms with Crippen LogP contribution in [0.2, 0.25) is 0 Å². The van der Waals surface area contributed by atoms with Crippen molar-refractivity contribution in [3.05, 3.63) is 48.9 Å². The van der Waals surface area contributed by atoms with Crippen LogP contribution in [0.15, 0.2) is 42.5 Å². The molecular formula is C12H14Cl2Zr. The van der Waals surface area contributed by atoms with Crippen molar-refractivity contribution in [1.29, 1.82) is 0 Å². The van der Waals surface area contributed by atoms with Gasteiger partial charge in [-0.15, -0.1) is 29.7 Å². The third kappa shape index (κ3) is 7.22. The molecule has 0 bridgehead atoms. The monoisotopic (exact) mass is 318 g/mol. The summed E-state index contributed by atoms with van der Waals surface area (Å²) in [6.45, 7) is 4.00. The zero-order valence-electron chi connectivity index (χ0n) is 8.87. The van der Waals surface area contributed by atoms with E-state index in [1.54, 1.807) is 0 Å². The van der Waals surface area contributed by atoms with Crippen LogP contribution in [0.25, 0.3) is 10.8 Å². The summed E-state index contributed by atoms with van der Waals surface area (Å²) >= 11 is 0. The quantitative estimate of drug-likeness (QED) is 0.483. The van der Waals surface area contributed by atoms with E-state index in [-0.39, 0.29) is 51.0 Å². The Morgan fingerprint density at radius 3 is 2.07 bits per heavy atom. The predicted molar refractivity (Wildman–Crippen MR) is 55.2 cm³/mol. The molecule has 0 fully saturated rings. The molecule has 0 N–H and O–H groups in total. The molecule has 80 valence electrons. The maximum absolute atomic E-state index is 2.12. The van der Waals surface area contributed by atoms with Gasteiger partial charge in [-0.1, -0.05) is 6.07 Å². The van der Waals surface area contributed by atoms with Crippen LogP contribution in [-0.4, -0.2) is 0 Å². The second-order valence-electron chi connectivity index (χ2n) is 2.73. The molecular weight excluding hydrogens is 306 g/mol. The third-order valence-electron chi connectivity index (χ3n) is 1.55. The Morgan fingerprint density at radius 2 is 1.53 bits per heavy atom. The molecule has 0 aromatic heterocycles. The molecule has 0 aliphatic heterocycles. The van der Waals surface area contributed by atoms with Crippen molar-refractivity contribution in [2.45, 2.75) is 13.8 Å². The van der Waals surface area contributed by atoms with E-state index in [1.807, 2.05) is 20.3 Å². The molecule has 2 rings (SSSR count). The Kier molecular flexibility index (Phi) is 17.0.